The van der Waals surface area contributed by atoms with Gasteiger partial charge in [0.1, 0.15) is 5.75 Å². The van der Waals surface area contributed by atoms with Gasteiger partial charge in [-0.15, -0.1) is 0 Å². The number of hydrogen-bond acceptors (Lipinski definition) is 2. The van der Waals surface area contributed by atoms with Crippen molar-refractivity contribution >= 4 is 10.9 Å². The van der Waals surface area contributed by atoms with Crippen molar-refractivity contribution in [3.05, 3.63) is 23.9 Å². The molecule has 15 heavy (non-hydrogen) atoms. The number of H-pyrrole nitrogens is 1. The van der Waals surface area contributed by atoms with Crippen LogP contribution < -0.4 is 4.74 Å². The molecule has 2 rings (SSSR count). The van der Waals surface area contributed by atoms with E-state index in [0.717, 1.165) is 16.7 Å². The second-order valence-corrected chi connectivity index (χ2v) is 4.73. The maximum absolute atomic E-state index is 5.48. The van der Waals surface area contributed by atoms with Gasteiger partial charge >= 0.3 is 0 Å². The third-order valence-corrected chi connectivity index (χ3v) is 2.59. The monoisotopic (exact) mass is 204 g/mol. The van der Waals surface area contributed by atoms with Gasteiger partial charge in [0.2, 0.25) is 0 Å². The van der Waals surface area contributed by atoms with Crippen LogP contribution in [0.5, 0.6) is 5.75 Å². The number of methoxy groups -OCH3 is 1. The summed E-state index contributed by atoms with van der Waals surface area (Å²) >= 11 is 0. The highest BCUT2D eigenvalue weighted by Gasteiger charge is 2.20. The first kappa shape index (κ1) is 10.0. The van der Waals surface area contributed by atoms with E-state index in [4.69, 9.17) is 4.74 Å². The molecular weight excluding hydrogens is 188 g/mol. The van der Waals surface area contributed by atoms with Crippen molar-refractivity contribution < 1.29 is 4.74 Å². The number of nitrogens with one attached hydrogen (secondary N) is 1. The predicted molar refractivity (Wildman–Crippen MR) is 61.3 cm³/mol. The molecule has 0 saturated heterocycles. The Morgan fingerprint density at radius 3 is 2.60 bits per heavy atom. The van der Waals surface area contributed by atoms with Gasteiger partial charge in [-0.25, -0.2) is 0 Å². The van der Waals surface area contributed by atoms with Gasteiger partial charge in [0.25, 0.3) is 0 Å². The summed E-state index contributed by atoms with van der Waals surface area (Å²) in [5.74, 6) is 0.925. The van der Waals surface area contributed by atoms with Gasteiger partial charge in [-0.1, -0.05) is 26.8 Å². The van der Waals surface area contributed by atoms with Crippen LogP contribution in [0.4, 0.5) is 0 Å². The normalized spacial score (nSPS) is 12.0. The fourth-order valence-electron chi connectivity index (χ4n) is 1.80. The van der Waals surface area contributed by atoms with Crippen molar-refractivity contribution in [3.63, 3.8) is 0 Å². The fraction of sp³-hybridized carbons (Fsp3) is 0.417. The van der Waals surface area contributed by atoms with Crippen LogP contribution in [0.3, 0.4) is 0 Å². The molecule has 1 aromatic carbocycles. The van der Waals surface area contributed by atoms with Crippen LogP contribution >= 0.6 is 0 Å². The summed E-state index contributed by atoms with van der Waals surface area (Å²) in [7, 11) is 1.71. The van der Waals surface area contributed by atoms with Gasteiger partial charge in [-0.2, -0.15) is 5.10 Å². The zero-order valence-corrected chi connectivity index (χ0v) is 9.59. The van der Waals surface area contributed by atoms with Crippen LogP contribution in [-0.4, -0.2) is 17.3 Å². The molecule has 0 radical (unpaired) electrons. The molecular formula is C12H16N2O. The quantitative estimate of drug-likeness (QED) is 0.775. The highest BCUT2D eigenvalue weighted by molar-refractivity contribution is 5.86. The number of nitrogens with zero attached hydrogens (tertiary/aromatic N) is 1. The Kier molecular flexibility index (Phi) is 2.18. The van der Waals surface area contributed by atoms with E-state index in [2.05, 4.69) is 37.0 Å². The Hall–Kier alpha value is -1.51. The maximum atomic E-state index is 5.48. The van der Waals surface area contributed by atoms with Gasteiger partial charge in [0.05, 0.1) is 24.2 Å². The molecule has 0 aliphatic rings. The molecule has 0 amide bonds. The van der Waals surface area contributed by atoms with Crippen LogP contribution in [0, 0.1) is 0 Å². The largest absolute Gasteiger partial charge is 0.496 e. The minimum Gasteiger partial charge on any atom is -0.496 e. The van der Waals surface area contributed by atoms with Gasteiger partial charge in [-0.05, 0) is 11.5 Å². The molecule has 1 heterocycles. The molecule has 0 spiro atoms. The lowest BCUT2D eigenvalue weighted by Gasteiger charge is -2.22. The zero-order valence-electron chi connectivity index (χ0n) is 9.59. The van der Waals surface area contributed by atoms with Crippen molar-refractivity contribution in [2.75, 3.05) is 7.11 Å². The van der Waals surface area contributed by atoms with E-state index < -0.39 is 0 Å². The summed E-state index contributed by atoms with van der Waals surface area (Å²) in [6, 6.07) is 4.14. The van der Waals surface area contributed by atoms with E-state index in [1.165, 1.54) is 5.56 Å². The molecule has 0 atom stereocenters. The molecule has 80 valence electrons. The number of aromatic amines is 1. The van der Waals surface area contributed by atoms with E-state index in [9.17, 15) is 0 Å². The van der Waals surface area contributed by atoms with E-state index in [0.29, 0.717) is 0 Å². The minimum atomic E-state index is 0.0802. The van der Waals surface area contributed by atoms with Crippen molar-refractivity contribution in [3.8, 4) is 5.75 Å². The molecule has 0 aliphatic heterocycles. The number of rotatable bonds is 1. The van der Waals surface area contributed by atoms with Gasteiger partial charge in [0, 0.05) is 5.56 Å². The van der Waals surface area contributed by atoms with Crippen molar-refractivity contribution in [1.82, 2.24) is 10.2 Å². The number of hydrogen-bond donors (Lipinski definition) is 1. The van der Waals surface area contributed by atoms with Crippen LogP contribution in [0.25, 0.3) is 10.9 Å². The van der Waals surface area contributed by atoms with Crippen LogP contribution in [0.1, 0.15) is 26.3 Å². The summed E-state index contributed by atoms with van der Waals surface area (Å²) in [5.41, 5.74) is 2.30. The van der Waals surface area contributed by atoms with Gasteiger partial charge in [0.15, 0.2) is 0 Å². The number of aromatic nitrogens is 2. The second-order valence-electron chi connectivity index (χ2n) is 4.73. The smallest absolute Gasteiger partial charge is 0.133 e. The Morgan fingerprint density at radius 1 is 1.27 bits per heavy atom. The van der Waals surface area contributed by atoms with Crippen molar-refractivity contribution in [2.24, 2.45) is 0 Å². The maximum Gasteiger partial charge on any atom is 0.133 e. The van der Waals surface area contributed by atoms with E-state index in [-0.39, 0.29) is 5.41 Å². The molecule has 2 aromatic rings. The molecule has 0 saturated carbocycles. The van der Waals surface area contributed by atoms with E-state index >= 15 is 0 Å². The third-order valence-electron chi connectivity index (χ3n) is 2.59. The SMILES string of the molecule is COc1c(C(C)(C)C)ccc2[nH]ncc12. The molecule has 0 aliphatic carbocycles. The lowest BCUT2D eigenvalue weighted by molar-refractivity contribution is 0.402. The summed E-state index contributed by atoms with van der Waals surface area (Å²) in [4.78, 5) is 0. The minimum absolute atomic E-state index is 0.0802. The van der Waals surface area contributed by atoms with Gasteiger partial charge < -0.3 is 4.74 Å². The first-order chi connectivity index (χ1) is 7.04. The average molecular weight is 204 g/mol. The number of benzene rings is 1. The van der Waals surface area contributed by atoms with Crippen LogP contribution in [-0.2, 0) is 5.41 Å². The Morgan fingerprint density at radius 2 is 2.00 bits per heavy atom. The Labute approximate surface area is 89.4 Å². The summed E-state index contributed by atoms with van der Waals surface area (Å²) < 4.78 is 5.48. The molecule has 1 N–H and O–H groups in total. The van der Waals surface area contributed by atoms with Crippen molar-refractivity contribution in [2.45, 2.75) is 26.2 Å². The first-order valence-electron chi connectivity index (χ1n) is 5.04. The van der Waals surface area contributed by atoms with E-state index in [1.54, 1.807) is 7.11 Å². The van der Waals surface area contributed by atoms with Crippen molar-refractivity contribution in [1.29, 1.82) is 0 Å². The molecule has 0 fully saturated rings. The lowest BCUT2D eigenvalue weighted by atomic mass is 9.85. The Bertz CT molecular complexity index is 480. The summed E-state index contributed by atoms with van der Waals surface area (Å²) in [6.07, 6.45) is 1.81. The zero-order chi connectivity index (χ0) is 11.1. The standard InChI is InChI=1S/C12H16N2O/c1-12(2,3)9-5-6-10-8(7-13-14-10)11(9)15-4/h5-7H,1-4H3,(H,13,14). The topological polar surface area (TPSA) is 37.9 Å². The van der Waals surface area contributed by atoms with Crippen LogP contribution in [0.15, 0.2) is 18.3 Å². The molecule has 3 heteroatoms. The highest BCUT2D eigenvalue weighted by Crippen LogP contribution is 2.36. The molecule has 0 bridgehead atoms. The summed E-state index contributed by atoms with van der Waals surface area (Å²) in [5, 5.41) is 8.02. The molecule has 3 nitrogen and oxygen atoms in total. The lowest BCUT2D eigenvalue weighted by Crippen LogP contribution is -2.12. The summed E-state index contributed by atoms with van der Waals surface area (Å²) in [6.45, 7) is 6.53. The average Bonchev–Trinajstić information content (AvgIpc) is 2.61. The third kappa shape index (κ3) is 1.58. The second kappa shape index (κ2) is 3.26. The Balaban J connectivity index is 2.75. The first-order valence-corrected chi connectivity index (χ1v) is 5.04. The fourth-order valence-corrected chi connectivity index (χ4v) is 1.80. The number of fused-ring (bicyclic) bond motifs is 1. The van der Waals surface area contributed by atoms with Crippen LogP contribution in [0.2, 0.25) is 0 Å². The highest BCUT2D eigenvalue weighted by atomic mass is 16.5. The molecule has 0 unspecified atom stereocenters. The molecule has 1 aromatic heterocycles. The van der Waals surface area contributed by atoms with Gasteiger partial charge in [-0.3, -0.25) is 5.10 Å². The predicted octanol–water partition coefficient (Wildman–Crippen LogP) is 2.87. The number of ether oxygens (including phenoxy) is 1. The van der Waals surface area contributed by atoms with E-state index in [1.807, 2.05) is 12.3 Å².